The molecule has 0 atom stereocenters. The zero-order valence-electron chi connectivity index (χ0n) is 8.82. The molecule has 0 aliphatic heterocycles. The molecule has 0 saturated carbocycles. The molecule has 0 aromatic heterocycles. The highest BCUT2D eigenvalue weighted by Gasteiger charge is 1.95. The maximum atomic E-state index is 10.2. The van der Waals surface area contributed by atoms with Gasteiger partial charge in [-0.1, -0.05) is 25.0 Å². The number of rotatable bonds is 9. The molecule has 2 N–H and O–H groups in total. The van der Waals surface area contributed by atoms with Gasteiger partial charge in [0.05, 0.1) is 6.42 Å². The highest BCUT2D eigenvalue weighted by atomic mass is 16.4. The van der Waals surface area contributed by atoms with Crippen LogP contribution in [0.3, 0.4) is 0 Å². The number of carbonyl (C=O) groups is 2. The van der Waals surface area contributed by atoms with E-state index in [0.29, 0.717) is 0 Å². The number of carboxylic acids is 2. The van der Waals surface area contributed by atoms with Gasteiger partial charge in [-0.15, -0.1) is 0 Å². The predicted molar refractivity (Wildman–Crippen MR) is 56.7 cm³/mol. The quantitative estimate of drug-likeness (QED) is 0.456. The van der Waals surface area contributed by atoms with E-state index in [1.54, 1.807) is 6.08 Å². The van der Waals surface area contributed by atoms with Gasteiger partial charge in [0.25, 0.3) is 0 Å². The number of unbranched alkanes of at least 4 members (excludes halogenated alkanes) is 4. The molecule has 0 aliphatic carbocycles. The van der Waals surface area contributed by atoms with Crippen molar-refractivity contribution in [3.63, 3.8) is 0 Å². The SMILES string of the molecule is O=C(O)CC=CCCCCCCC(=O)O. The predicted octanol–water partition coefficient (Wildman–Crippen LogP) is 2.44. The average Bonchev–Trinajstić information content (AvgIpc) is 2.14. The standard InChI is InChI=1S/C11H18O4/c12-10(13)8-6-4-2-1-3-5-7-9-11(14)15/h4,6H,1-3,5,7-9H2,(H,12,13)(H,14,15). The summed E-state index contributed by atoms with van der Waals surface area (Å²) in [5.74, 6) is -1.55. The lowest BCUT2D eigenvalue weighted by Crippen LogP contribution is -1.93. The van der Waals surface area contributed by atoms with Crippen LogP contribution in [0.4, 0.5) is 0 Å². The van der Waals surface area contributed by atoms with Crippen LogP contribution in [0, 0.1) is 0 Å². The van der Waals surface area contributed by atoms with Gasteiger partial charge in [-0.05, 0) is 19.3 Å². The van der Waals surface area contributed by atoms with E-state index < -0.39 is 11.9 Å². The molecule has 4 nitrogen and oxygen atoms in total. The van der Waals surface area contributed by atoms with Gasteiger partial charge in [0.1, 0.15) is 0 Å². The second kappa shape index (κ2) is 9.24. The molecule has 0 bridgehead atoms. The fourth-order valence-corrected chi connectivity index (χ4v) is 1.19. The summed E-state index contributed by atoms with van der Waals surface area (Å²) in [6.07, 6.45) is 8.38. The van der Waals surface area contributed by atoms with Crippen LogP contribution in [0.15, 0.2) is 12.2 Å². The van der Waals surface area contributed by atoms with Gasteiger partial charge in [0.15, 0.2) is 0 Å². The minimum Gasteiger partial charge on any atom is -0.481 e. The first-order chi connectivity index (χ1) is 7.13. The molecule has 0 unspecified atom stereocenters. The Kier molecular flexibility index (Phi) is 8.43. The molecule has 0 aromatic rings. The zero-order chi connectivity index (χ0) is 11.5. The number of carboxylic acid groups (broad SMARTS) is 2. The Hall–Kier alpha value is -1.32. The molecule has 0 aliphatic rings. The molecular weight excluding hydrogens is 196 g/mol. The normalized spacial score (nSPS) is 10.7. The van der Waals surface area contributed by atoms with E-state index in [1.807, 2.05) is 6.08 Å². The van der Waals surface area contributed by atoms with Crippen LogP contribution in [0.2, 0.25) is 0 Å². The van der Waals surface area contributed by atoms with E-state index in [2.05, 4.69) is 0 Å². The van der Waals surface area contributed by atoms with Crippen LogP contribution >= 0.6 is 0 Å². The number of allylic oxidation sites excluding steroid dienone is 1. The highest BCUT2D eigenvalue weighted by molar-refractivity contribution is 5.68. The third kappa shape index (κ3) is 12.7. The monoisotopic (exact) mass is 214 g/mol. The van der Waals surface area contributed by atoms with E-state index in [4.69, 9.17) is 10.2 Å². The first kappa shape index (κ1) is 13.7. The van der Waals surface area contributed by atoms with Crippen molar-refractivity contribution in [1.29, 1.82) is 0 Å². The number of hydrogen-bond acceptors (Lipinski definition) is 2. The molecule has 0 amide bonds. The largest absolute Gasteiger partial charge is 0.481 e. The van der Waals surface area contributed by atoms with Gasteiger partial charge in [-0.2, -0.15) is 0 Å². The smallest absolute Gasteiger partial charge is 0.307 e. The summed E-state index contributed by atoms with van der Waals surface area (Å²) in [6.45, 7) is 0. The van der Waals surface area contributed by atoms with Crippen molar-refractivity contribution in [3.8, 4) is 0 Å². The second-order valence-corrected chi connectivity index (χ2v) is 3.42. The van der Waals surface area contributed by atoms with E-state index in [0.717, 1.165) is 32.1 Å². The molecule has 0 saturated heterocycles. The van der Waals surface area contributed by atoms with Crippen molar-refractivity contribution in [1.82, 2.24) is 0 Å². The Morgan fingerprint density at radius 2 is 1.53 bits per heavy atom. The molecular formula is C11H18O4. The second-order valence-electron chi connectivity index (χ2n) is 3.42. The Balaban J connectivity index is 3.14. The van der Waals surface area contributed by atoms with Crippen molar-refractivity contribution in [3.05, 3.63) is 12.2 Å². The summed E-state index contributed by atoms with van der Waals surface area (Å²) in [7, 11) is 0. The lowest BCUT2D eigenvalue weighted by atomic mass is 10.1. The third-order valence-corrected chi connectivity index (χ3v) is 1.97. The van der Waals surface area contributed by atoms with E-state index >= 15 is 0 Å². The Bertz CT molecular complexity index is 221. The van der Waals surface area contributed by atoms with Crippen molar-refractivity contribution in [2.75, 3.05) is 0 Å². The van der Waals surface area contributed by atoms with Gasteiger partial charge in [-0.25, -0.2) is 0 Å². The summed E-state index contributed by atoms with van der Waals surface area (Å²) < 4.78 is 0. The molecule has 15 heavy (non-hydrogen) atoms. The minimum absolute atomic E-state index is 0.0824. The van der Waals surface area contributed by atoms with Gasteiger partial charge < -0.3 is 10.2 Å². The lowest BCUT2D eigenvalue weighted by molar-refractivity contribution is -0.137. The van der Waals surface area contributed by atoms with Crippen LogP contribution in [0.25, 0.3) is 0 Å². The molecule has 0 aromatic carbocycles. The fraction of sp³-hybridized carbons (Fsp3) is 0.636. The summed E-state index contributed by atoms with van der Waals surface area (Å²) in [4.78, 5) is 20.3. The Morgan fingerprint density at radius 1 is 0.867 bits per heavy atom. The highest BCUT2D eigenvalue weighted by Crippen LogP contribution is 2.05. The lowest BCUT2D eigenvalue weighted by Gasteiger charge is -1.96. The van der Waals surface area contributed by atoms with Crippen molar-refractivity contribution in [2.24, 2.45) is 0 Å². The number of hydrogen-bond donors (Lipinski definition) is 2. The van der Waals surface area contributed by atoms with Crippen LogP contribution in [0.1, 0.15) is 44.9 Å². The molecule has 0 rings (SSSR count). The zero-order valence-corrected chi connectivity index (χ0v) is 8.82. The van der Waals surface area contributed by atoms with Crippen molar-refractivity contribution < 1.29 is 19.8 Å². The fourth-order valence-electron chi connectivity index (χ4n) is 1.19. The molecule has 0 fully saturated rings. The molecule has 0 radical (unpaired) electrons. The van der Waals surface area contributed by atoms with Crippen molar-refractivity contribution >= 4 is 11.9 Å². The molecule has 0 spiro atoms. The number of aliphatic carboxylic acids is 2. The van der Waals surface area contributed by atoms with Crippen molar-refractivity contribution in [2.45, 2.75) is 44.9 Å². The summed E-state index contributed by atoms with van der Waals surface area (Å²) >= 11 is 0. The van der Waals surface area contributed by atoms with E-state index in [1.165, 1.54) is 0 Å². The van der Waals surface area contributed by atoms with Crippen LogP contribution in [-0.2, 0) is 9.59 Å². The summed E-state index contributed by atoms with van der Waals surface area (Å²) in [5, 5.41) is 16.7. The van der Waals surface area contributed by atoms with Gasteiger partial charge in [0.2, 0.25) is 0 Å². The molecule has 4 heteroatoms. The van der Waals surface area contributed by atoms with E-state index in [-0.39, 0.29) is 12.8 Å². The summed E-state index contributed by atoms with van der Waals surface area (Å²) in [5.41, 5.74) is 0. The molecule has 86 valence electrons. The Labute approximate surface area is 89.6 Å². The van der Waals surface area contributed by atoms with Crippen LogP contribution in [-0.4, -0.2) is 22.2 Å². The summed E-state index contributed by atoms with van der Waals surface area (Å²) in [6, 6.07) is 0. The maximum absolute atomic E-state index is 10.2. The average molecular weight is 214 g/mol. The van der Waals surface area contributed by atoms with Crippen LogP contribution in [0.5, 0.6) is 0 Å². The first-order valence-electron chi connectivity index (χ1n) is 5.21. The minimum atomic E-state index is -0.812. The van der Waals surface area contributed by atoms with Gasteiger partial charge in [-0.3, -0.25) is 9.59 Å². The molecule has 0 heterocycles. The Morgan fingerprint density at radius 3 is 2.13 bits per heavy atom. The van der Waals surface area contributed by atoms with E-state index in [9.17, 15) is 9.59 Å². The van der Waals surface area contributed by atoms with Gasteiger partial charge in [0, 0.05) is 6.42 Å². The maximum Gasteiger partial charge on any atom is 0.307 e. The van der Waals surface area contributed by atoms with Gasteiger partial charge >= 0.3 is 11.9 Å². The van der Waals surface area contributed by atoms with Crippen LogP contribution < -0.4 is 0 Å². The topological polar surface area (TPSA) is 74.6 Å². The third-order valence-electron chi connectivity index (χ3n) is 1.97. The first-order valence-corrected chi connectivity index (χ1v) is 5.21.